The molecule has 0 aliphatic carbocycles. The monoisotopic (exact) mass is 425 g/mol. The van der Waals surface area contributed by atoms with Crippen LogP contribution in [0.1, 0.15) is 17.8 Å². The van der Waals surface area contributed by atoms with E-state index in [0.29, 0.717) is 11.4 Å². The smallest absolute Gasteiger partial charge is 0.309 e. The molecule has 1 aliphatic heterocycles. The van der Waals surface area contributed by atoms with E-state index in [9.17, 15) is 23.3 Å². The zero-order valence-electron chi connectivity index (χ0n) is 16.5. The van der Waals surface area contributed by atoms with Crippen molar-refractivity contribution in [3.63, 3.8) is 0 Å². The van der Waals surface area contributed by atoms with E-state index in [1.165, 1.54) is 26.1 Å². The fourth-order valence-electron chi connectivity index (χ4n) is 3.25. The number of nitro groups is 1. The molecule has 1 saturated heterocycles. The number of aromatic nitrogens is 4. The molecule has 0 radical (unpaired) electrons. The molecule has 0 N–H and O–H groups in total. The molecule has 1 fully saturated rings. The summed E-state index contributed by atoms with van der Waals surface area (Å²) in [4.78, 5) is 24.6. The van der Waals surface area contributed by atoms with E-state index >= 15 is 0 Å². The normalized spacial score (nSPS) is 15.6. The zero-order chi connectivity index (χ0) is 21.3. The minimum Gasteiger partial charge on any atom is -0.340 e. The molecular formula is C16H23N7O5S. The molecule has 158 valence electrons. The van der Waals surface area contributed by atoms with Crippen LogP contribution in [0.25, 0.3) is 0 Å². The molecule has 3 rings (SSSR count). The van der Waals surface area contributed by atoms with Gasteiger partial charge in [-0.1, -0.05) is 0 Å². The van der Waals surface area contributed by atoms with E-state index < -0.39 is 14.9 Å². The minimum absolute atomic E-state index is 0.0815. The van der Waals surface area contributed by atoms with Gasteiger partial charge >= 0.3 is 5.69 Å². The van der Waals surface area contributed by atoms with E-state index in [2.05, 4.69) is 10.2 Å². The molecule has 2 aromatic rings. The van der Waals surface area contributed by atoms with Gasteiger partial charge in [0, 0.05) is 39.6 Å². The third-order valence-electron chi connectivity index (χ3n) is 5.21. The number of sulfonamides is 1. The number of aryl methyl sites for hydroxylation is 2. The molecule has 0 aromatic carbocycles. The molecule has 1 amide bonds. The number of rotatable bonds is 6. The van der Waals surface area contributed by atoms with Crippen LogP contribution < -0.4 is 0 Å². The van der Waals surface area contributed by atoms with Crippen molar-refractivity contribution in [2.45, 2.75) is 31.7 Å². The fourth-order valence-corrected chi connectivity index (χ4v) is 4.86. The van der Waals surface area contributed by atoms with E-state index in [-0.39, 0.29) is 55.6 Å². The third-order valence-corrected chi connectivity index (χ3v) is 7.21. The van der Waals surface area contributed by atoms with Gasteiger partial charge in [0.15, 0.2) is 0 Å². The molecular weight excluding hydrogens is 402 g/mol. The van der Waals surface area contributed by atoms with E-state index in [1.54, 1.807) is 25.8 Å². The molecule has 0 saturated carbocycles. The Balaban J connectivity index is 1.57. The summed E-state index contributed by atoms with van der Waals surface area (Å²) >= 11 is 0. The lowest BCUT2D eigenvalue weighted by atomic mass is 10.3. The SMILES string of the molecule is Cc1c(S(=O)(=O)N2CCN(C(=O)CCn3ncc([N+](=O)[O-])c3C)CC2)cnn1C. The lowest BCUT2D eigenvalue weighted by Crippen LogP contribution is -2.50. The van der Waals surface area contributed by atoms with Crippen molar-refractivity contribution < 1.29 is 18.1 Å². The summed E-state index contributed by atoms with van der Waals surface area (Å²) in [5.74, 6) is -0.142. The lowest BCUT2D eigenvalue weighted by Gasteiger charge is -2.34. The Kier molecular flexibility index (Phi) is 5.71. The molecule has 0 spiro atoms. The van der Waals surface area contributed by atoms with Crippen molar-refractivity contribution in [1.29, 1.82) is 0 Å². The van der Waals surface area contributed by atoms with Crippen molar-refractivity contribution in [1.82, 2.24) is 28.8 Å². The van der Waals surface area contributed by atoms with Crippen molar-refractivity contribution >= 4 is 21.6 Å². The minimum atomic E-state index is -3.65. The number of amides is 1. The number of hydrogen-bond acceptors (Lipinski definition) is 7. The maximum atomic E-state index is 12.8. The summed E-state index contributed by atoms with van der Waals surface area (Å²) in [6, 6.07) is 0. The lowest BCUT2D eigenvalue weighted by molar-refractivity contribution is -0.385. The first-order valence-corrected chi connectivity index (χ1v) is 10.5. The topological polar surface area (TPSA) is 136 Å². The Labute approximate surface area is 167 Å². The van der Waals surface area contributed by atoms with Crippen LogP contribution in [0.4, 0.5) is 5.69 Å². The fraction of sp³-hybridized carbons (Fsp3) is 0.562. The molecule has 12 nitrogen and oxygen atoms in total. The predicted octanol–water partition coefficient (Wildman–Crippen LogP) is 0.0648. The van der Waals surface area contributed by atoms with Crippen LogP contribution in [0.5, 0.6) is 0 Å². The molecule has 2 aromatic heterocycles. The molecule has 0 atom stereocenters. The number of hydrogen-bond donors (Lipinski definition) is 0. The summed E-state index contributed by atoms with van der Waals surface area (Å²) in [6.07, 6.45) is 2.64. The maximum absolute atomic E-state index is 12.8. The Morgan fingerprint density at radius 3 is 2.31 bits per heavy atom. The number of nitrogens with zero attached hydrogens (tertiary/aromatic N) is 7. The Morgan fingerprint density at radius 1 is 1.14 bits per heavy atom. The standard InChI is InChI=1S/C16H23N7O5S/c1-12-14(23(25)26)10-18-22(12)5-4-16(24)20-6-8-21(9-7-20)29(27,28)15-11-17-19(3)13(15)2/h10-11H,4-9H2,1-3H3. The molecule has 3 heterocycles. The summed E-state index contributed by atoms with van der Waals surface area (Å²) in [6.45, 7) is 4.49. The van der Waals surface area contributed by atoms with Gasteiger partial charge in [-0.05, 0) is 13.8 Å². The Hall–Kier alpha value is -2.80. The summed E-state index contributed by atoms with van der Waals surface area (Å²) < 4.78 is 29.9. The second-order valence-electron chi connectivity index (χ2n) is 6.85. The van der Waals surface area contributed by atoms with E-state index in [0.717, 1.165) is 0 Å². The van der Waals surface area contributed by atoms with Gasteiger partial charge in [0.1, 0.15) is 16.8 Å². The zero-order valence-corrected chi connectivity index (χ0v) is 17.3. The van der Waals surface area contributed by atoms with Crippen LogP contribution in [0.3, 0.4) is 0 Å². The van der Waals surface area contributed by atoms with Crippen LogP contribution in [-0.2, 0) is 28.4 Å². The number of carbonyl (C=O) groups excluding carboxylic acids is 1. The van der Waals surface area contributed by atoms with Crippen molar-refractivity contribution in [2.75, 3.05) is 26.2 Å². The predicted molar refractivity (Wildman–Crippen MR) is 102 cm³/mol. The van der Waals surface area contributed by atoms with Crippen LogP contribution in [0.15, 0.2) is 17.3 Å². The first kappa shape index (κ1) is 20.9. The summed E-state index contributed by atoms with van der Waals surface area (Å²) in [5.41, 5.74) is 0.875. The quantitative estimate of drug-likeness (QED) is 0.471. The largest absolute Gasteiger partial charge is 0.340 e. The molecule has 1 aliphatic rings. The van der Waals surface area contributed by atoms with Crippen LogP contribution in [0, 0.1) is 24.0 Å². The van der Waals surface area contributed by atoms with E-state index in [1.807, 2.05) is 0 Å². The third kappa shape index (κ3) is 4.00. The highest BCUT2D eigenvalue weighted by Gasteiger charge is 2.32. The second kappa shape index (κ2) is 7.91. The van der Waals surface area contributed by atoms with Gasteiger partial charge in [-0.15, -0.1) is 0 Å². The van der Waals surface area contributed by atoms with Gasteiger partial charge in [-0.3, -0.25) is 24.3 Å². The van der Waals surface area contributed by atoms with Crippen LogP contribution in [-0.4, -0.2) is 74.2 Å². The highest BCUT2D eigenvalue weighted by molar-refractivity contribution is 7.89. The molecule has 13 heteroatoms. The van der Waals surface area contributed by atoms with Crippen molar-refractivity contribution in [3.8, 4) is 0 Å². The highest BCUT2D eigenvalue weighted by atomic mass is 32.2. The first-order valence-electron chi connectivity index (χ1n) is 9.06. The molecule has 29 heavy (non-hydrogen) atoms. The number of piperazine rings is 1. The molecule has 0 unspecified atom stereocenters. The van der Waals surface area contributed by atoms with Gasteiger partial charge in [0.05, 0.1) is 23.4 Å². The number of carbonyl (C=O) groups is 1. The Bertz CT molecular complexity index is 1030. The van der Waals surface area contributed by atoms with Crippen LogP contribution in [0.2, 0.25) is 0 Å². The van der Waals surface area contributed by atoms with E-state index in [4.69, 9.17) is 0 Å². The summed E-state index contributed by atoms with van der Waals surface area (Å²) in [7, 11) is -1.97. The summed E-state index contributed by atoms with van der Waals surface area (Å²) in [5, 5.41) is 18.8. The van der Waals surface area contributed by atoms with Crippen molar-refractivity contribution in [2.24, 2.45) is 7.05 Å². The first-order chi connectivity index (χ1) is 13.6. The average Bonchev–Trinajstić information content (AvgIpc) is 3.22. The molecule has 0 bridgehead atoms. The van der Waals surface area contributed by atoms with Gasteiger partial charge in [-0.2, -0.15) is 14.5 Å². The maximum Gasteiger partial charge on any atom is 0.309 e. The Morgan fingerprint density at radius 2 is 1.79 bits per heavy atom. The highest BCUT2D eigenvalue weighted by Crippen LogP contribution is 2.21. The van der Waals surface area contributed by atoms with Gasteiger partial charge in [0.2, 0.25) is 15.9 Å². The van der Waals surface area contributed by atoms with Crippen LogP contribution >= 0.6 is 0 Å². The van der Waals surface area contributed by atoms with Gasteiger partial charge < -0.3 is 4.90 Å². The van der Waals surface area contributed by atoms with Crippen molar-refractivity contribution in [3.05, 3.63) is 33.9 Å². The van der Waals surface area contributed by atoms with Gasteiger partial charge in [-0.25, -0.2) is 8.42 Å². The average molecular weight is 425 g/mol. The second-order valence-corrected chi connectivity index (χ2v) is 8.75. The van der Waals surface area contributed by atoms with Gasteiger partial charge in [0.25, 0.3) is 0 Å².